The van der Waals surface area contributed by atoms with E-state index in [9.17, 15) is 10.1 Å². The molecular formula is C12H11BrN2O3. The number of ether oxygens (including phenoxy) is 1. The Hall–Kier alpha value is -1.61. The van der Waals surface area contributed by atoms with Crippen molar-refractivity contribution >= 4 is 21.6 Å². The van der Waals surface area contributed by atoms with E-state index in [0.717, 1.165) is 12.8 Å². The smallest absolute Gasteiger partial charge is 0.274 e. The van der Waals surface area contributed by atoms with Crippen molar-refractivity contribution in [2.75, 3.05) is 6.61 Å². The molecule has 1 aromatic carbocycles. The summed E-state index contributed by atoms with van der Waals surface area (Å²) >= 11 is 3.21. The normalized spacial score (nSPS) is 15.8. The molecule has 0 atom stereocenters. The van der Waals surface area contributed by atoms with Crippen LogP contribution in [0.5, 0.6) is 5.75 Å². The first-order chi connectivity index (χ1) is 8.54. The lowest BCUT2D eigenvalue weighted by molar-refractivity contribution is -0.385. The summed E-state index contributed by atoms with van der Waals surface area (Å²) in [6.45, 7) is 0.439. The number of nitriles is 1. The van der Waals surface area contributed by atoms with E-state index in [1.165, 1.54) is 12.1 Å². The van der Waals surface area contributed by atoms with Crippen LogP contribution >= 0.6 is 15.9 Å². The Bertz CT molecular complexity index is 521. The Morgan fingerprint density at radius 2 is 2.22 bits per heavy atom. The standard InChI is InChI=1S/C12H11BrN2O3/c13-9-5-10(15(16)17)7-11(6-9)18-8-12(1-2-12)3-4-14/h5-7H,1-3,8H2. The summed E-state index contributed by atoms with van der Waals surface area (Å²) in [6.07, 6.45) is 2.44. The first-order valence-corrected chi connectivity index (χ1v) is 6.29. The minimum atomic E-state index is -0.459. The predicted octanol–water partition coefficient (Wildman–Crippen LogP) is 3.43. The molecule has 18 heavy (non-hydrogen) atoms. The third kappa shape index (κ3) is 2.99. The van der Waals surface area contributed by atoms with E-state index in [1.807, 2.05) is 0 Å². The van der Waals surface area contributed by atoms with Gasteiger partial charge in [-0.3, -0.25) is 10.1 Å². The molecule has 2 rings (SSSR count). The average molecular weight is 311 g/mol. The van der Waals surface area contributed by atoms with Crippen LogP contribution in [0.15, 0.2) is 22.7 Å². The van der Waals surface area contributed by atoms with Gasteiger partial charge >= 0.3 is 0 Å². The van der Waals surface area contributed by atoms with E-state index >= 15 is 0 Å². The lowest BCUT2D eigenvalue weighted by Gasteiger charge is -2.12. The number of halogens is 1. The quantitative estimate of drug-likeness (QED) is 0.616. The molecular weight excluding hydrogens is 300 g/mol. The Kier molecular flexibility index (Phi) is 3.53. The highest BCUT2D eigenvalue weighted by Gasteiger charge is 2.43. The van der Waals surface area contributed by atoms with Crippen molar-refractivity contribution in [3.63, 3.8) is 0 Å². The molecule has 0 unspecified atom stereocenters. The molecule has 5 nitrogen and oxygen atoms in total. The Morgan fingerprint density at radius 3 is 2.78 bits per heavy atom. The van der Waals surface area contributed by atoms with Crippen molar-refractivity contribution in [2.45, 2.75) is 19.3 Å². The molecule has 1 aromatic rings. The van der Waals surface area contributed by atoms with E-state index in [-0.39, 0.29) is 11.1 Å². The van der Waals surface area contributed by atoms with Crippen LogP contribution in [0.4, 0.5) is 5.69 Å². The topological polar surface area (TPSA) is 76.2 Å². The van der Waals surface area contributed by atoms with Crippen molar-refractivity contribution in [2.24, 2.45) is 5.41 Å². The van der Waals surface area contributed by atoms with Crippen molar-refractivity contribution in [1.29, 1.82) is 5.26 Å². The second kappa shape index (κ2) is 4.94. The summed E-state index contributed by atoms with van der Waals surface area (Å²) in [4.78, 5) is 10.2. The Labute approximate surface area is 113 Å². The molecule has 0 heterocycles. The first kappa shape index (κ1) is 12.8. The van der Waals surface area contributed by atoms with Crippen molar-refractivity contribution in [3.8, 4) is 11.8 Å². The maximum Gasteiger partial charge on any atom is 0.274 e. The van der Waals surface area contributed by atoms with Gasteiger partial charge < -0.3 is 4.74 Å². The highest BCUT2D eigenvalue weighted by atomic mass is 79.9. The summed E-state index contributed by atoms with van der Waals surface area (Å²) < 4.78 is 6.18. The molecule has 0 radical (unpaired) electrons. The highest BCUT2D eigenvalue weighted by Crippen LogP contribution is 2.48. The lowest BCUT2D eigenvalue weighted by atomic mass is 10.1. The number of hydrogen-bond acceptors (Lipinski definition) is 4. The van der Waals surface area contributed by atoms with Crippen molar-refractivity contribution in [1.82, 2.24) is 0 Å². The number of benzene rings is 1. The van der Waals surface area contributed by atoms with E-state index in [4.69, 9.17) is 10.00 Å². The SMILES string of the molecule is N#CCC1(COc2cc(Br)cc([N+](=O)[O-])c2)CC1. The number of hydrogen-bond donors (Lipinski definition) is 0. The van der Waals surface area contributed by atoms with Crippen LogP contribution in [-0.4, -0.2) is 11.5 Å². The van der Waals surface area contributed by atoms with Gasteiger partial charge in [0.1, 0.15) is 5.75 Å². The molecule has 0 saturated heterocycles. The van der Waals surface area contributed by atoms with Crippen LogP contribution in [0.1, 0.15) is 19.3 Å². The second-order valence-electron chi connectivity index (χ2n) is 4.53. The summed E-state index contributed by atoms with van der Waals surface area (Å²) in [6, 6.07) is 6.66. The number of nitrogens with zero attached hydrogens (tertiary/aromatic N) is 2. The summed E-state index contributed by atoms with van der Waals surface area (Å²) in [5.74, 6) is 0.459. The molecule has 0 N–H and O–H groups in total. The number of non-ortho nitro benzene ring substituents is 1. The molecule has 0 aromatic heterocycles. The number of nitro groups is 1. The first-order valence-electron chi connectivity index (χ1n) is 5.49. The van der Waals surface area contributed by atoms with Crippen LogP contribution in [0.25, 0.3) is 0 Å². The monoisotopic (exact) mass is 310 g/mol. The van der Waals surface area contributed by atoms with E-state index in [2.05, 4.69) is 22.0 Å². The highest BCUT2D eigenvalue weighted by molar-refractivity contribution is 9.10. The summed E-state index contributed by atoms with van der Waals surface area (Å²) in [5, 5.41) is 19.4. The van der Waals surface area contributed by atoms with Crippen LogP contribution in [0, 0.1) is 26.9 Å². The van der Waals surface area contributed by atoms with Gasteiger partial charge in [-0.2, -0.15) is 5.26 Å². The summed E-state index contributed by atoms with van der Waals surface area (Å²) in [5.41, 5.74) is -0.0456. The van der Waals surface area contributed by atoms with Crippen molar-refractivity contribution < 1.29 is 9.66 Å². The Balaban J connectivity index is 2.06. The third-order valence-corrected chi connectivity index (χ3v) is 3.48. The van der Waals surface area contributed by atoms with Gasteiger partial charge in [0, 0.05) is 22.4 Å². The second-order valence-corrected chi connectivity index (χ2v) is 5.44. The zero-order valence-corrected chi connectivity index (χ0v) is 11.1. The zero-order chi connectivity index (χ0) is 13.2. The van der Waals surface area contributed by atoms with E-state index < -0.39 is 4.92 Å². The average Bonchev–Trinajstić information content (AvgIpc) is 3.07. The summed E-state index contributed by atoms with van der Waals surface area (Å²) in [7, 11) is 0. The van der Waals surface area contributed by atoms with Gasteiger partial charge in [-0.25, -0.2) is 0 Å². The molecule has 0 aliphatic heterocycles. The molecule has 94 valence electrons. The maximum atomic E-state index is 10.7. The molecule has 1 aliphatic rings. The van der Waals surface area contributed by atoms with Gasteiger partial charge in [0.2, 0.25) is 0 Å². The van der Waals surface area contributed by atoms with Crippen LogP contribution in [-0.2, 0) is 0 Å². The molecule has 0 amide bonds. The predicted molar refractivity (Wildman–Crippen MR) is 68.2 cm³/mol. The van der Waals surface area contributed by atoms with Crippen LogP contribution < -0.4 is 4.74 Å². The minimum absolute atomic E-state index is 0.00972. The van der Waals surface area contributed by atoms with Gasteiger partial charge in [-0.1, -0.05) is 15.9 Å². The Morgan fingerprint density at radius 1 is 1.50 bits per heavy atom. The zero-order valence-electron chi connectivity index (χ0n) is 9.56. The van der Waals surface area contributed by atoms with Gasteiger partial charge in [0.15, 0.2) is 0 Å². The van der Waals surface area contributed by atoms with E-state index in [0.29, 0.717) is 23.2 Å². The maximum absolute atomic E-state index is 10.7. The fourth-order valence-corrected chi connectivity index (χ4v) is 2.15. The molecule has 6 heteroatoms. The molecule has 1 saturated carbocycles. The lowest BCUT2D eigenvalue weighted by Crippen LogP contribution is -2.12. The number of nitro benzene ring substituents is 1. The van der Waals surface area contributed by atoms with Gasteiger partial charge in [-0.15, -0.1) is 0 Å². The molecule has 0 spiro atoms. The van der Waals surface area contributed by atoms with Crippen LogP contribution in [0.3, 0.4) is 0 Å². The van der Waals surface area contributed by atoms with Gasteiger partial charge in [0.25, 0.3) is 5.69 Å². The minimum Gasteiger partial charge on any atom is -0.493 e. The molecule has 1 fully saturated rings. The third-order valence-electron chi connectivity index (χ3n) is 3.02. The fourth-order valence-electron chi connectivity index (χ4n) is 1.69. The van der Waals surface area contributed by atoms with Gasteiger partial charge in [-0.05, 0) is 18.9 Å². The van der Waals surface area contributed by atoms with Crippen molar-refractivity contribution in [3.05, 3.63) is 32.8 Å². The largest absolute Gasteiger partial charge is 0.493 e. The molecule has 0 bridgehead atoms. The van der Waals surface area contributed by atoms with Crippen LogP contribution in [0.2, 0.25) is 0 Å². The number of rotatable bonds is 5. The molecule has 1 aliphatic carbocycles. The van der Waals surface area contributed by atoms with Gasteiger partial charge in [0.05, 0.1) is 23.7 Å². The van der Waals surface area contributed by atoms with E-state index in [1.54, 1.807) is 6.07 Å². The fraction of sp³-hybridized carbons (Fsp3) is 0.417.